The number of hydrogen-bond acceptors (Lipinski definition) is 5. The van der Waals surface area contributed by atoms with Gasteiger partial charge in [-0.15, -0.1) is 0 Å². The molecule has 7 heteroatoms. The lowest BCUT2D eigenvalue weighted by molar-refractivity contribution is -0.142. The van der Waals surface area contributed by atoms with Crippen molar-refractivity contribution in [3.63, 3.8) is 0 Å². The summed E-state index contributed by atoms with van der Waals surface area (Å²) in [7, 11) is 0. The minimum atomic E-state index is -0.876. The van der Waals surface area contributed by atoms with E-state index in [1.807, 2.05) is 13.0 Å². The van der Waals surface area contributed by atoms with E-state index in [-0.39, 0.29) is 11.8 Å². The highest BCUT2D eigenvalue weighted by atomic mass is 35.5. The van der Waals surface area contributed by atoms with E-state index in [0.717, 1.165) is 0 Å². The maximum Gasteiger partial charge on any atom is 0.235 e. The van der Waals surface area contributed by atoms with Gasteiger partial charge in [0.2, 0.25) is 5.91 Å². The fourth-order valence-electron chi connectivity index (χ4n) is 5.34. The Labute approximate surface area is 149 Å². The normalized spacial score (nSPS) is 44.1. The van der Waals surface area contributed by atoms with Crippen molar-refractivity contribution in [3.05, 3.63) is 28.8 Å². The molecule has 1 spiro atoms. The van der Waals surface area contributed by atoms with E-state index < -0.39 is 29.5 Å². The number of halogens is 1. The lowest BCUT2D eigenvalue weighted by Crippen LogP contribution is -2.53. The minimum Gasteiger partial charge on any atom is -0.390 e. The van der Waals surface area contributed by atoms with Crippen molar-refractivity contribution in [3.8, 4) is 6.07 Å². The number of amides is 1. The van der Waals surface area contributed by atoms with Crippen LogP contribution in [0.1, 0.15) is 25.3 Å². The van der Waals surface area contributed by atoms with Gasteiger partial charge in [-0.3, -0.25) is 9.69 Å². The zero-order valence-corrected chi connectivity index (χ0v) is 14.4. The Morgan fingerprint density at radius 2 is 2.28 bits per heavy atom. The number of nitrogens with zero attached hydrogens (tertiary/aromatic N) is 2. The average Bonchev–Trinajstić information content (AvgIpc) is 3.12. The Morgan fingerprint density at radius 3 is 3.00 bits per heavy atom. The molecule has 4 saturated heterocycles. The smallest absolute Gasteiger partial charge is 0.235 e. The number of carbonyl (C=O) groups excluding carboxylic acids is 1. The van der Waals surface area contributed by atoms with E-state index in [9.17, 15) is 9.90 Å². The third-order valence-electron chi connectivity index (χ3n) is 6.44. The van der Waals surface area contributed by atoms with Crippen molar-refractivity contribution in [2.45, 2.75) is 43.3 Å². The molecule has 4 aliphatic heterocycles. The molecule has 25 heavy (non-hydrogen) atoms. The molecule has 0 aromatic heterocycles. The summed E-state index contributed by atoms with van der Waals surface area (Å²) < 4.78 is 12.2. The number of rotatable bonds is 1. The molecule has 5 rings (SSSR count). The van der Waals surface area contributed by atoms with Crippen LogP contribution in [-0.4, -0.2) is 41.2 Å². The van der Waals surface area contributed by atoms with Crippen LogP contribution in [0.15, 0.2) is 18.2 Å². The molecule has 1 amide bonds. The van der Waals surface area contributed by atoms with Crippen LogP contribution < -0.4 is 4.90 Å². The van der Waals surface area contributed by atoms with Gasteiger partial charge >= 0.3 is 0 Å². The Kier molecular flexibility index (Phi) is 2.96. The highest BCUT2D eigenvalue weighted by Crippen LogP contribution is 2.65. The third-order valence-corrected chi connectivity index (χ3v) is 6.75. The summed E-state index contributed by atoms with van der Waals surface area (Å²) in [6, 6.07) is 6.98. The second-order valence-corrected chi connectivity index (χ2v) is 7.98. The number of carbonyl (C=O) groups is 1. The predicted molar refractivity (Wildman–Crippen MR) is 87.8 cm³/mol. The summed E-state index contributed by atoms with van der Waals surface area (Å²) in [5.74, 6) is -0.645. The minimum absolute atomic E-state index is 0.100. The lowest BCUT2D eigenvalue weighted by Gasteiger charge is -2.42. The van der Waals surface area contributed by atoms with Crippen LogP contribution in [0.4, 0.5) is 5.69 Å². The van der Waals surface area contributed by atoms with Gasteiger partial charge in [-0.1, -0.05) is 11.6 Å². The van der Waals surface area contributed by atoms with Gasteiger partial charge in [0.25, 0.3) is 0 Å². The van der Waals surface area contributed by atoms with E-state index in [2.05, 4.69) is 0 Å². The zero-order valence-electron chi connectivity index (χ0n) is 13.6. The number of benzene rings is 1. The van der Waals surface area contributed by atoms with E-state index >= 15 is 0 Å². The van der Waals surface area contributed by atoms with Crippen molar-refractivity contribution in [1.29, 1.82) is 5.26 Å². The molecule has 1 aromatic carbocycles. The highest BCUT2D eigenvalue weighted by Gasteiger charge is 2.77. The molecule has 0 saturated carbocycles. The van der Waals surface area contributed by atoms with Gasteiger partial charge in [-0.05, 0) is 25.1 Å². The molecule has 6 nitrogen and oxygen atoms in total. The Balaban J connectivity index is 1.62. The van der Waals surface area contributed by atoms with Gasteiger partial charge in [0.05, 0.1) is 34.8 Å². The summed E-state index contributed by atoms with van der Waals surface area (Å²) in [6.45, 7) is 2.31. The Morgan fingerprint density at radius 1 is 1.48 bits per heavy atom. The quantitative estimate of drug-likeness (QED) is 0.826. The third kappa shape index (κ3) is 1.72. The SMILES string of the molecule is C[C@]12O[C@@]3(CCO[C@H]4[C@@H]3[C@@H]1C(=O)N4c1ccc(C#N)c(Cl)c1)C[C@H]2O. The standard InChI is InChI=1S/C18H17ClN2O4/c1-17-12(22)7-18(25-17)4-5-24-16-14(18)13(17)15(23)21(16)10-3-2-9(8-20)11(19)6-10/h2-3,6,12-14,16,22H,4-5,7H2,1H3/t12-,13-,14+,16+,17-,18+/m1/s1. The topological polar surface area (TPSA) is 82.8 Å². The molecule has 4 fully saturated rings. The van der Waals surface area contributed by atoms with Gasteiger partial charge in [-0.2, -0.15) is 5.26 Å². The van der Waals surface area contributed by atoms with Crippen molar-refractivity contribution in [1.82, 2.24) is 0 Å². The van der Waals surface area contributed by atoms with E-state index in [1.54, 1.807) is 23.1 Å². The maximum atomic E-state index is 13.3. The first-order chi connectivity index (χ1) is 11.9. The van der Waals surface area contributed by atoms with Crippen molar-refractivity contribution in [2.75, 3.05) is 11.5 Å². The Bertz CT molecular complexity index is 839. The number of aliphatic hydroxyl groups excluding tert-OH is 1. The molecular formula is C18H17ClN2O4. The lowest BCUT2D eigenvalue weighted by atomic mass is 9.65. The predicted octanol–water partition coefficient (Wildman–Crippen LogP) is 1.83. The van der Waals surface area contributed by atoms with Crippen LogP contribution >= 0.6 is 11.6 Å². The van der Waals surface area contributed by atoms with Gasteiger partial charge in [0.1, 0.15) is 17.9 Å². The van der Waals surface area contributed by atoms with Crippen LogP contribution in [-0.2, 0) is 14.3 Å². The van der Waals surface area contributed by atoms with E-state index in [1.165, 1.54) is 0 Å². The van der Waals surface area contributed by atoms with Crippen LogP contribution in [0.3, 0.4) is 0 Å². The number of anilines is 1. The number of aliphatic hydroxyl groups is 1. The molecule has 0 aliphatic carbocycles. The van der Waals surface area contributed by atoms with Gasteiger partial charge < -0.3 is 14.6 Å². The summed E-state index contributed by atoms with van der Waals surface area (Å²) in [5, 5.41) is 19.9. The largest absolute Gasteiger partial charge is 0.390 e. The van der Waals surface area contributed by atoms with Gasteiger partial charge in [-0.25, -0.2) is 0 Å². The fraction of sp³-hybridized carbons (Fsp3) is 0.556. The summed E-state index contributed by atoms with van der Waals surface area (Å²) in [5.41, 5.74) is -0.395. The van der Waals surface area contributed by atoms with Crippen molar-refractivity contribution >= 4 is 23.2 Å². The summed E-state index contributed by atoms with van der Waals surface area (Å²) in [4.78, 5) is 14.9. The van der Waals surface area contributed by atoms with Crippen LogP contribution in [0.25, 0.3) is 0 Å². The second-order valence-electron chi connectivity index (χ2n) is 7.57. The molecule has 4 aliphatic rings. The first-order valence-electron chi connectivity index (χ1n) is 8.44. The van der Waals surface area contributed by atoms with Gasteiger partial charge in [0, 0.05) is 24.4 Å². The molecule has 1 N–H and O–H groups in total. The second kappa shape index (κ2) is 4.74. The van der Waals surface area contributed by atoms with Crippen molar-refractivity contribution < 1.29 is 19.4 Å². The molecule has 6 atom stereocenters. The Hall–Kier alpha value is -1.65. The number of hydrogen-bond donors (Lipinski definition) is 1. The molecule has 0 radical (unpaired) electrons. The first kappa shape index (κ1) is 15.6. The number of ether oxygens (including phenoxy) is 2. The van der Waals surface area contributed by atoms with E-state index in [4.69, 9.17) is 26.3 Å². The van der Waals surface area contributed by atoms with Crippen LogP contribution in [0.5, 0.6) is 0 Å². The fourth-order valence-corrected chi connectivity index (χ4v) is 5.56. The number of nitriles is 1. The molecule has 4 heterocycles. The molecule has 2 bridgehead atoms. The molecular weight excluding hydrogens is 344 g/mol. The summed E-state index contributed by atoms with van der Waals surface area (Å²) in [6.07, 6.45) is 0.150. The van der Waals surface area contributed by atoms with Crippen LogP contribution in [0, 0.1) is 23.2 Å². The highest BCUT2D eigenvalue weighted by molar-refractivity contribution is 6.32. The monoisotopic (exact) mass is 360 g/mol. The first-order valence-corrected chi connectivity index (χ1v) is 8.82. The van der Waals surface area contributed by atoms with Gasteiger partial charge in [0.15, 0.2) is 0 Å². The summed E-state index contributed by atoms with van der Waals surface area (Å²) >= 11 is 6.16. The van der Waals surface area contributed by atoms with Crippen molar-refractivity contribution in [2.24, 2.45) is 11.8 Å². The van der Waals surface area contributed by atoms with Crippen LogP contribution in [0.2, 0.25) is 5.02 Å². The average molecular weight is 361 g/mol. The molecule has 0 unspecified atom stereocenters. The zero-order chi connectivity index (χ0) is 17.6. The van der Waals surface area contributed by atoms with E-state index in [0.29, 0.717) is 35.7 Å². The maximum absolute atomic E-state index is 13.3. The molecule has 130 valence electrons. The molecule has 1 aromatic rings. The number of fused-ring (bicyclic) bond motifs is 2.